The number of hydrogen-bond donors (Lipinski definition) is 0. The molecule has 0 rings (SSSR count). The first-order valence-electron chi connectivity index (χ1n) is 6.96. The fraction of sp³-hybridized carbons (Fsp3) is 0.714. The van der Waals surface area contributed by atoms with E-state index in [0.29, 0.717) is 0 Å². The van der Waals surface area contributed by atoms with E-state index in [1.54, 1.807) is 6.08 Å². The summed E-state index contributed by atoms with van der Waals surface area (Å²) in [6, 6.07) is 0. The zero-order valence-electron chi connectivity index (χ0n) is 13.2. The number of esters is 1. The van der Waals surface area contributed by atoms with E-state index in [-0.39, 0.29) is 12.2 Å². The van der Waals surface area contributed by atoms with Crippen LogP contribution in [0.25, 0.3) is 0 Å². The summed E-state index contributed by atoms with van der Waals surface area (Å²) in [5.41, 5.74) is 0. The Morgan fingerprint density at radius 3 is 2.29 bits per heavy atom. The molecule has 0 unspecified atom stereocenters. The molecule has 21 heavy (non-hydrogen) atoms. The van der Waals surface area contributed by atoms with Gasteiger partial charge in [-0.05, 0) is 25.8 Å². The van der Waals surface area contributed by atoms with Crippen LogP contribution in [0.15, 0.2) is 12.2 Å². The van der Waals surface area contributed by atoms with Crippen molar-refractivity contribution in [2.75, 3.05) is 14.2 Å². The van der Waals surface area contributed by atoms with Crippen LogP contribution >= 0.6 is 7.60 Å². The van der Waals surface area contributed by atoms with Gasteiger partial charge in [0.1, 0.15) is 12.2 Å². The highest BCUT2D eigenvalue weighted by atomic mass is 31.2. The quantitative estimate of drug-likeness (QED) is 0.191. The van der Waals surface area contributed by atoms with Gasteiger partial charge >= 0.3 is 13.6 Å². The van der Waals surface area contributed by atoms with Gasteiger partial charge in [0.15, 0.2) is 0 Å². The lowest BCUT2D eigenvalue weighted by molar-refractivity contribution is -0.146. The van der Waals surface area contributed by atoms with E-state index in [9.17, 15) is 14.2 Å². The van der Waals surface area contributed by atoms with Crippen LogP contribution in [-0.2, 0) is 27.9 Å². The summed E-state index contributed by atoms with van der Waals surface area (Å²) in [7, 11) is -1.14. The van der Waals surface area contributed by atoms with E-state index in [0.717, 1.165) is 25.7 Å². The number of unbranched alkanes of at least 4 members (excludes halogenated alkanes) is 3. The Kier molecular flexibility index (Phi) is 10.2. The number of rotatable bonds is 11. The number of carbonyl (C=O) groups excluding carboxylic acids is 2. The highest BCUT2D eigenvalue weighted by molar-refractivity contribution is 7.54. The van der Waals surface area contributed by atoms with Gasteiger partial charge in [-0.25, -0.2) is 0 Å². The summed E-state index contributed by atoms with van der Waals surface area (Å²) in [5.74, 6) is -2.21. The molecular weight excluding hydrogens is 295 g/mol. The molecule has 0 saturated heterocycles. The molecule has 0 aromatic heterocycles. The van der Waals surface area contributed by atoms with Gasteiger partial charge in [-0.3, -0.25) is 14.2 Å². The molecule has 0 radical (unpaired) electrons. The van der Waals surface area contributed by atoms with Crippen LogP contribution in [-0.4, -0.2) is 31.8 Å². The monoisotopic (exact) mass is 320 g/mol. The maximum atomic E-state index is 12.3. The smallest absolute Gasteiger partial charge is 0.374 e. The summed E-state index contributed by atoms with van der Waals surface area (Å²) in [4.78, 5) is 22.5. The molecule has 0 spiro atoms. The van der Waals surface area contributed by atoms with Crippen LogP contribution in [0.3, 0.4) is 0 Å². The molecule has 0 aliphatic heterocycles. The molecule has 1 atom stereocenters. The minimum atomic E-state index is -3.59. The van der Waals surface area contributed by atoms with E-state index in [1.807, 2.05) is 0 Å². The van der Waals surface area contributed by atoms with Gasteiger partial charge in [0, 0.05) is 14.2 Å². The number of Topliss-reactive ketones (excluding diaryl/α,β-unsaturated/α-hetero) is 1. The Labute approximate surface area is 126 Å². The zero-order chi connectivity index (χ0) is 16.3. The Hall–Kier alpha value is -0.970. The normalized spacial score (nSPS) is 13.3. The largest absolute Gasteiger partial charge is 0.445 e. The van der Waals surface area contributed by atoms with E-state index in [2.05, 4.69) is 6.92 Å². The Morgan fingerprint density at radius 2 is 1.81 bits per heavy atom. The minimum Gasteiger partial charge on any atom is -0.445 e. The van der Waals surface area contributed by atoms with Crippen molar-refractivity contribution in [3.05, 3.63) is 12.2 Å². The van der Waals surface area contributed by atoms with Gasteiger partial charge in [-0.1, -0.05) is 25.8 Å². The molecule has 0 amide bonds. The first-order valence-corrected chi connectivity index (χ1v) is 8.57. The maximum absolute atomic E-state index is 12.3. The van der Waals surface area contributed by atoms with Gasteiger partial charge in [0.05, 0.1) is 0 Å². The van der Waals surface area contributed by atoms with Gasteiger partial charge in [0.2, 0.25) is 5.85 Å². The molecule has 0 saturated carbocycles. The van der Waals surface area contributed by atoms with Gasteiger partial charge in [-0.15, -0.1) is 0 Å². The van der Waals surface area contributed by atoms with Crippen molar-refractivity contribution in [2.45, 2.75) is 51.8 Å². The topological polar surface area (TPSA) is 78.9 Å². The van der Waals surface area contributed by atoms with Crippen molar-refractivity contribution in [1.82, 2.24) is 0 Å². The van der Waals surface area contributed by atoms with Crippen molar-refractivity contribution in [1.29, 1.82) is 0 Å². The number of carbonyl (C=O) groups is 2. The Morgan fingerprint density at radius 1 is 1.19 bits per heavy atom. The van der Waals surface area contributed by atoms with Crippen molar-refractivity contribution in [2.24, 2.45) is 0 Å². The second kappa shape index (κ2) is 10.7. The highest BCUT2D eigenvalue weighted by Crippen LogP contribution is 2.52. The molecule has 0 bridgehead atoms. The van der Waals surface area contributed by atoms with Crippen LogP contribution in [0, 0.1) is 0 Å². The molecule has 0 N–H and O–H groups in total. The fourth-order valence-electron chi connectivity index (χ4n) is 1.60. The zero-order valence-corrected chi connectivity index (χ0v) is 14.1. The lowest BCUT2D eigenvalue weighted by Crippen LogP contribution is -2.19. The Bertz CT molecular complexity index is 396. The average molecular weight is 320 g/mol. The van der Waals surface area contributed by atoms with Crippen molar-refractivity contribution >= 4 is 19.3 Å². The summed E-state index contributed by atoms with van der Waals surface area (Å²) >= 11 is 0. The second-order valence-corrected chi connectivity index (χ2v) is 6.91. The molecule has 7 heteroatoms. The van der Waals surface area contributed by atoms with E-state index in [1.165, 1.54) is 27.2 Å². The van der Waals surface area contributed by atoms with E-state index >= 15 is 0 Å². The second-order valence-electron chi connectivity index (χ2n) is 4.59. The molecule has 6 nitrogen and oxygen atoms in total. The first-order chi connectivity index (χ1) is 9.89. The third kappa shape index (κ3) is 8.15. The van der Waals surface area contributed by atoms with Crippen LogP contribution in [0.1, 0.15) is 46.0 Å². The number of ketones is 1. The fourth-order valence-corrected chi connectivity index (χ4v) is 2.74. The lowest BCUT2D eigenvalue weighted by atomic mass is 10.2. The SMILES string of the molecule is CCCCC/C=C/[C@H](OC(=O)CC(C)=O)P(=O)(OC)OC. The molecular formula is C14H25O6P. The number of hydrogen-bond acceptors (Lipinski definition) is 6. The van der Waals surface area contributed by atoms with Crippen LogP contribution in [0.2, 0.25) is 0 Å². The molecule has 0 aromatic carbocycles. The summed E-state index contributed by atoms with van der Waals surface area (Å²) in [6.07, 6.45) is 6.87. The van der Waals surface area contributed by atoms with Gasteiger partial charge < -0.3 is 13.8 Å². The summed E-state index contributed by atoms with van der Waals surface area (Å²) in [5, 5.41) is 0. The van der Waals surface area contributed by atoms with E-state index in [4.69, 9.17) is 13.8 Å². The van der Waals surface area contributed by atoms with Crippen molar-refractivity contribution < 1.29 is 27.9 Å². The van der Waals surface area contributed by atoms with Gasteiger partial charge in [0.25, 0.3) is 0 Å². The van der Waals surface area contributed by atoms with Crippen LogP contribution in [0.5, 0.6) is 0 Å². The molecule has 0 aromatic rings. The Balaban J connectivity index is 4.81. The third-order valence-electron chi connectivity index (χ3n) is 2.74. The number of ether oxygens (including phenoxy) is 1. The van der Waals surface area contributed by atoms with E-state index < -0.39 is 19.4 Å². The minimum absolute atomic E-state index is 0.324. The van der Waals surface area contributed by atoms with Gasteiger partial charge in [-0.2, -0.15) is 0 Å². The van der Waals surface area contributed by atoms with Crippen molar-refractivity contribution in [3.8, 4) is 0 Å². The standard InChI is InChI=1S/C14H25O6P/c1-5-6-7-8-9-10-14(21(17,18-3)19-4)20-13(16)11-12(2)15/h9-10,14H,5-8,11H2,1-4H3/b10-9+/t14-/m1/s1. The van der Waals surface area contributed by atoms with Crippen molar-refractivity contribution in [3.63, 3.8) is 0 Å². The molecule has 0 fully saturated rings. The third-order valence-corrected chi connectivity index (χ3v) is 4.66. The molecule has 122 valence electrons. The lowest BCUT2D eigenvalue weighted by Gasteiger charge is -2.21. The molecule has 0 aliphatic carbocycles. The predicted molar refractivity (Wildman–Crippen MR) is 80.1 cm³/mol. The predicted octanol–water partition coefficient (Wildman–Crippen LogP) is 3.46. The van der Waals surface area contributed by atoms with Crippen LogP contribution < -0.4 is 0 Å². The summed E-state index contributed by atoms with van der Waals surface area (Å²) in [6.45, 7) is 3.38. The summed E-state index contributed by atoms with van der Waals surface area (Å²) < 4.78 is 27.1. The highest BCUT2D eigenvalue weighted by Gasteiger charge is 2.35. The molecule has 0 aliphatic rings. The molecule has 0 heterocycles. The maximum Gasteiger partial charge on any atom is 0.374 e. The first kappa shape index (κ1) is 20.0. The number of allylic oxidation sites excluding steroid dienone is 1. The average Bonchev–Trinajstić information content (AvgIpc) is 2.44. The van der Waals surface area contributed by atoms with Crippen LogP contribution in [0.4, 0.5) is 0 Å².